The van der Waals surface area contributed by atoms with E-state index in [0.717, 1.165) is 52.8 Å². The number of imidazole rings is 1. The SMILES string of the molecule is Cc1nc2c(N)nc3ccccc3c2n1CCCCNC(=O)c1ccc(N(C)C)cc1. The van der Waals surface area contributed by atoms with E-state index in [-0.39, 0.29) is 5.91 Å². The number of nitrogens with two attached hydrogens (primary N) is 1. The van der Waals surface area contributed by atoms with Crippen molar-refractivity contribution in [2.75, 3.05) is 31.3 Å². The third-order valence-electron chi connectivity index (χ3n) is 5.54. The number of hydrogen-bond acceptors (Lipinski definition) is 5. The van der Waals surface area contributed by atoms with Crippen LogP contribution in [0.1, 0.15) is 29.0 Å². The molecule has 0 aliphatic heterocycles. The van der Waals surface area contributed by atoms with E-state index in [4.69, 9.17) is 5.73 Å². The van der Waals surface area contributed by atoms with Gasteiger partial charge in [0, 0.05) is 43.8 Å². The number of amides is 1. The number of hydrogen-bond donors (Lipinski definition) is 2. The van der Waals surface area contributed by atoms with Crippen molar-refractivity contribution in [3.8, 4) is 0 Å². The van der Waals surface area contributed by atoms with E-state index in [1.54, 1.807) is 0 Å². The van der Waals surface area contributed by atoms with Crippen LogP contribution in [0, 0.1) is 6.92 Å². The normalized spacial score (nSPS) is 11.2. The Balaban J connectivity index is 1.39. The average molecular weight is 417 g/mol. The van der Waals surface area contributed by atoms with E-state index >= 15 is 0 Å². The summed E-state index contributed by atoms with van der Waals surface area (Å²) in [7, 11) is 3.96. The molecule has 2 heterocycles. The molecule has 4 aromatic rings. The summed E-state index contributed by atoms with van der Waals surface area (Å²) in [6.45, 7) is 3.43. The molecule has 0 saturated heterocycles. The van der Waals surface area contributed by atoms with Crippen molar-refractivity contribution in [1.29, 1.82) is 0 Å². The molecule has 2 aromatic carbocycles. The Morgan fingerprint density at radius 2 is 1.81 bits per heavy atom. The van der Waals surface area contributed by atoms with Gasteiger partial charge in [-0.1, -0.05) is 18.2 Å². The van der Waals surface area contributed by atoms with Crippen molar-refractivity contribution in [2.45, 2.75) is 26.3 Å². The van der Waals surface area contributed by atoms with Gasteiger partial charge in [-0.15, -0.1) is 0 Å². The number of aryl methyl sites for hydroxylation is 2. The molecule has 1 amide bonds. The summed E-state index contributed by atoms with van der Waals surface area (Å²) in [6, 6.07) is 15.6. The first kappa shape index (κ1) is 20.7. The number of para-hydroxylation sites is 1. The molecule has 0 atom stereocenters. The predicted molar refractivity (Wildman–Crippen MR) is 127 cm³/mol. The van der Waals surface area contributed by atoms with Crippen molar-refractivity contribution in [1.82, 2.24) is 19.9 Å². The van der Waals surface area contributed by atoms with Crippen molar-refractivity contribution < 1.29 is 4.79 Å². The van der Waals surface area contributed by atoms with Crippen molar-refractivity contribution >= 4 is 39.3 Å². The fourth-order valence-corrected chi connectivity index (χ4v) is 3.85. The molecule has 0 spiro atoms. The van der Waals surface area contributed by atoms with E-state index in [1.165, 1.54) is 0 Å². The number of carbonyl (C=O) groups is 1. The lowest BCUT2D eigenvalue weighted by Gasteiger charge is -2.13. The van der Waals surface area contributed by atoms with E-state index in [2.05, 4.69) is 25.9 Å². The summed E-state index contributed by atoms with van der Waals surface area (Å²) in [5.74, 6) is 1.34. The van der Waals surface area contributed by atoms with Gasteiger partial charge in [0.1, 0.15) is 11.3 Å². The lowest BCUT2D eigenvalue weighted by Crippen LogP contribution is -2.24. The highest BCUT2D eigenvalue weighted by Gasteiger charge is 2.14. The van der Waals surface area contributed by atoms with Gasteiger partial charge in [-0.2, -0.15) is 0 Å². The van der Waals surface area contributed by atoms with Crippen LogP contribution in [0.25, 0.3) is 21.9 Å². The maximum absolute atomic E-state index is 12.4. The monoisotopic (exact) mass is 416 g/mol. The summed E-state index contributed by atoms with van der Waals surface area (Å²) in [5, 5.41) is 4.07. The molecule has 0 aliphatic carbocycles. The average Bonchev–Trinajstić information content (AvgIpc) is 3.10. The fraction of sp³-hybridized carbons (Fsp3) is 0.292. The Morgan fingerprint density at radius 1 is 1.06 bits per heavy atom. The van der Waals surface area contributed by atoms with E-state index < -0.39 is 0 Å². The second-order valence-electron chi connectivity index (χ2n) is 7.93. The third kappa shape index (κ3) is 4.17. The third-order valence-corrected chi connectivity index (χ3v) is 5.54. The molecule has 7 heteroatoms. The maximum Gasteiger partial charge on any atom is 0.251 e. The van der Waals surface area contributed by atoms with Gasteiger partial charge < -0.3 is 20.5 Å². The highest BCUT2D eigenvalue weighted by atomic mass is 16.1. The van der Waals surface area contributed by atoms with E-state index in [9.17, 15) is 4.79 Å². The molecular formula is C24H28N6O. The van der Waals surface area contributed by atoms with Crippen LogP contribution < -0.4 is 16.0 Å². The Bertz CT molecular complexity index is 1230. The first-order valence-electron chi connectivity index (χ1n) is 10.5. The summed E-state index contributed by atoms with van der Waals surface area (Å²) < 4.78 is 2.21. The quantitative estimate of drug-likeness (QED) is 0.448. The molecular weight excluding hydrogens is 388 g/mol. The van der Waals surface area contributed by atoms with Gasteiger partial charge >= 0.3 is 0 Å². The van der Waals surface area contributed by atoms with Gasteiger partial charge in [0.15, 0.2) is 5.82 Å². The van der Waals surface area contributed by atoms with E-state index in [1.807, 2.05) is 68.4 Å². The number of pyridine rings is 1. The van der Waals surface area contributed by atoms with Crippen LogP contribution in [0.2, 0.25) is 0 Å². The number of fused-ring (bicyclic) bond motifs is 3. The van der Waals surface area contributed by atoms with Crippen LogP contribution in [0.5, 0.6) is 0 Å². The maximum atomic E-state index is 12.4. The number of nitrogen functional groups attached to an aromatic ring is 1. The van der Waals surface area contributed by atoms with Gasteiger partial charge in [-0.25, -0.2) is 9.97 Å². The van der Waals surface area contributed by atoms with Gasteiger partial charge in [-0.3, -0.25) is 4.79 Å². The molecule has 0 fully saturated rings. The van der Waals surface area contributed by atoms with Crippen LogP contribution in [0.15, 0.2) is 48.5 Å². The minimum absolute atomic E-state index is 0.0422. The Labute approximate surface area is 181 Å². The van der Waals surface area contributed by atoms with Crippen LogP contribution in [0.4, 0.5) is 11.5 Å². The number of aromatic nitrogens is 3. The molecule has 0 bridgehead atoms. The van der Waals surface area contributed by atoms with Crippen LogP contribution in [-0.2, 0) is 6.54 Å². The molecule has 7 nitrogen and oxygen atoms in total. The predicted octanol–water partition coefficient (Wildman–Crippen LogP) is 3.75. The molecule has 4 rings (SSSR count). The molecule has 0 radical (unpaired) electrons. The van der Waals surface area contributed by atoms with Crippen molar-refractivity contribution in [2.24, 2.45) is 0 Å². The Kier molecular flexibility index (Phi) is 5.75. The van der Waals surface area contributed by atoms with Gasteiger partial charge in [0.25, 0.3) is 5.91 Å². The Hall–Kier alpha value is -3.61. The summed E-state index contributed by atoms with van der Waals surface area (Å²) >= 11 is 0. The Morgan fingerprint density at radius 3 is 2.55 bits per heavy atom. The van der Waals surface area contributed by atoms with Crippen molar-refractivity contribution in [3.63, 3.8) is 0 Å². The summed E-state index contributed by atoms with van der Waals surface area (Å²) in [5.41, 5.74) is 10.6. The highest BCUT2D eigenvalue weighted by molar-refractivity contribution is 6.06. The second kappa shape index (κ2) is 8.63. The molecule has 31 heavy (non-hydrogen) atoms. The lowest BCUT2D eigenvalue weighted by molar-refractivity contribution is 0.0953. The van der Waals surface area contributed by atoms with Crippen molar-refractivity contribution in [3.05, 3.63) is 59.9 Å². The first-order chi connectivity index (χ1) is 15.0. The minimum atomic E-state index is -0.0422. The lowest BCUT2D eigenvalue weighted by atomic mass is 10.1. The van der Waals surface area contributed by atoms with Gasteiger partial charge in [-0.05, 0) is 50.1 Å². The zero-order chi connectivity index (χ0) is 22.0. The largest absolute Gasteiger partial charge is 0.382 e. The standard InChI is InChI=1S/C24H28N6O/c1-16-27-21-22(19-8-4-5-9-20(19)28-23(21)25)30(16)15-7-6-14-26-24(31)17-10-12-18(13-11-17)29(2)3/h4-5,8-13H,6-7,14-15H2,1-3H3,(H2,25,28)(H,26,31). The molecule has 0 aliphatic rings. The first-order valence-corrected chi connectivity index (χ1v) is 10.5. The number of unbranched alkanes of at least 4 members (excludes halogenated alkanes) is 1. The van der Waals surface area contributed by atoms with E-state index in [0.29, 0.717) is 17.9 Å². The van der Waals surface area contributed by atoms with Crippen LogP contribution in [-0.4, -0.2) is 41.1 Å². The molecule has 0 saturated carbocycles. The number of carbonyl (C=O) groups excluding carboxylic acids is 1. The molecule has 3 N–H and O–H groups in total. The highest BCUT2D eigenvalue weighted by Crippen LogP contribution is 2.28. The van der Waals surface area contributed by atoms with Crippen LogP contribution in [0.3, 0.4) is 0 Å². The number of nitrogens with zero attached hydrogens (tertiary/aromatic N) is 4. The zero-order valence-corrected chi connectivity index (χ0v) is 18.2. The molecule has 160 valence electrons. The second-order valence-corrected chi connectivity index (χ2v) is 7.93. The number of benzene rings is 2. The molecule has 0 unspecified atom stereocenters. The van der Waals surface area contributed by atoms with Gasteiger partial charge in [0.2, 0.25) is 0 Å². The smallest absolute Gasteiger partial charge is 0.251 e. The zero-order valence-electron chi connectivity index (χ0n) is 18.2. The topological polar surface area (TPSA) is 89.1 Å². The number of anilines is 2. The molecule has 2 aromatic heterocycles. The summed E-state index contributed by atoms with van der Waals surface area (Å²) in [4.78, 5) is 23.5. The fourth-order valence-electron chi connectivity index (χ4n) is 3.85. The van der Waals surface area contributed by atoms with Crippen LogP contribution >= 0.6 is 0 Å². The minimum Gasteiger partial charge on any atom is -0.382 e. The number of rotatable bonds is 7. The van der Waals surface area contributed by atoms with Gasteiger partial charge in [0.05, 0.1) is 11.0 Å². The summed E-state index contributed by atoms with van der Waals surface area (Å²) in [6.07, 6.45) is 1.79. The number of nitrogens with one attached hydrogen (secondary N) is 1.